The Balaban J connectivity index is 1.39. The molecule has 5 heterocycles. The normalized spacial score (nSPS) is 18.2. The van der Waals surface area contributed by atoms with Crippen molar-refractivity contribution in [2.45, 2.75) is 138 Å². The summed E-state index contributed by atoms with van der Waals surface area (Å²) in [6, 6.07) is 29.6. The van der Waals surface area contributed by atoms with Crippen LogP contribution >= 0.6 is 0 Å². The second-order valence-corrected chi connectivity index (χ2v) is 23.4. The first-order chi connectivity index (χ1) is 35.6. The molecule has 6 aromatic carbocycles. The molecule has 1 atom stereocenters. The van der Waals surface area contributed by atoms with Gasteiger partial charge in [-0.2, -0.15) is 4.57 Å². The van der Waals surface area contributed by atoms with Crippen molar-refractivity contribution in [2.24, 2.45) is 5.41 Å². The van der Waals surface area contributed by atoms with Crippen molar-refractivity contribution in [3.05, 3.63) is 167 Å². The average Bonchev–Trinajstić information content (AvgIpc) is 3.87. The number of aromatic nitrogens is 3. The van der Waals surface area contributed by atoms with Gasteiger partial charge in [0, 0.05) is 31.5 Å². The first-order valence-electron chi connectivity index (χ1n) is 28.6. The second kappa shape index (κ2) is 14.6. The van der Waals surface area contributed by atoms with E-state index in [1.807, 2.05) is 84.9 Å². The minimum atomic E-state index is -1.86. The van der Waals surface area contributed by atoms with Gasteiger partial charge in [-0.15, -0.1) is 9.13 Å². The molecular formula is C64H69N3O+2. The molecular weight excluding hydrogens is 827 g/mol. The van der Waals surface area contributed by atoms with Crippen molar-refractivity contribution in [3.8, 4) is 67.5 Å². The van der Waals surface area contributed by atoms with Gasteiger partial charge in [0.25, 0.3) is 0 Å². The molecule has 11 rings (SSSR count). The van der Waals surface area contributed by atoms with Gasteiger partial charge < -0.3 is 4.74 Å². The Bertz CT molecular complexity index is 3880. The van der Waals surface area contributed by atoms with Gasteiger partial charge in [0.15, 0.2) is 23.0 Å². The third-order valence-electron chi connectivity index (χ3n) is 15.4. The standard InChI is InChI=1S/C64H69N3O/c1-38(2)43-32-48(39(3)4)58-52(33-43)59-66(53-29-28-45(63(14,15)62(11,12)13)35-49(53)41-20-17-16-18-21-41)54-23-19-22-47-50-36-46(61(8,9)10)37-51-55-34-42(40-24-26-44(27-25-40)60(5,6)7)30-31-65(55)64(68-58,56(50)51)67(59)57(47)54/h16-39H,1-15H3/q+2/i24D,25D,26D,27D,30D,31D,34D,38D,39D. The van der Waals surface area contributed by atoms with Crippen molar-refractivity contribution in [3.63, 3.8) is 0 Å². The highest BCUT2D eigenvalue weighted by Gasteiger charge is 2.69. The Labute approximate surface area is 418 Å². The third kappa shape index (κ3) is 6.24. The molecule has 68 heavy (non-hydrogen) atoms. The zero-order valence-electron chi connectivity index (χ0n) is 51.4. The molecule has 1 spiro atoms. The molecule has 0 saturated heterocycles. The minimum Gasteiger partial charge on any atom is -0.392 e. The number of pyridine rings is 1. The lowest BCUT2D eigenvalue weighted by Gasteiger charge is -2.39. The van der Waals surface area contributed by atoms with Gasteiger partial charge in [-0.05, 0) is 120 Å². The quantitative estimate of drug-likeness (QED) is 0.152. The maximum Gasteiger partial charge on any atom is 0.499 e. The van der Waals surface area contributed by atoms with E-state index >= 15 is 0 Å². The number of hydrogen-bond donors (Lipinski definition) is 0. The molecule has 0 N–H and O–H groups in total. The first-order valence-corrected chi connectivity index (χ1v) is 24.1. The van der Waals surface area contributed by atoms with E-state index < -0.39 is 34.5 Å². The van der Waals surface area contributed by atoms with Crippen LogP contribution in [0, 0.1) is 5.41 Å². The van der Waals surface area contributed by atoms with Crippen LogP contribution in [0.3, 0.4) is 0 Å². The van der Waals surface area contributed by atoms with Gasteiger partial charge >= 0.3 is 11.7 Å². The molecule has 344 valence electrons. The summed E-state index contributed by atoms with van der Waals surface area (Å²) in [6.45, 7) is 30.6. The molecule has 3 aliphatic rings. The first kappa shape index (κ1) is 34.9. The SMILES string of the molecule is [2H]c1c([2H])c(C(C)(C)C)c([2H])c([2H])c1-c1c([2H])c([2H])[n+]2c(c1[2H])-c1cc(C(C)(C)C)cc3c1C21Oc2c(cc(C([2H])(C)C)cc2C([2H])(C)C)-c2n(-c4ccc(C(C)(C)C(C)(C)C)cc4-c4ccccc4)c4cccc-3c4[n+]21. The predicted octanol–water partition coefficient (Wildman–Crippen LogP) is 15.9. The lowest BCUT2D eigenvalue weighted by Crippen LogP contribution is -2.78. The number of hydrogen-bond acceptors (Lipinski definition) is 1. The Hall–Kier alpha value is -6.26. The zero-order valence-corrected chi connectivity index (χ0v) is 42.4. The van der Waals surface area contributed by atoms with Crippen LogP contribution in [0.4, 0.5) is 0 Å². The van der Waals surface area contributed by atoms with E-state index in [9.17, 15) is 12.3 Å². The molecule has 4 heteroatoms. The van der Waals surface area contributed by atoms with Gasteiger partial charge in [-0.1, -0.05) is 177 Å². The highest BCUT2D eigenvalue weighted by Crippen LogP contribution is 2.56. The van der Waals surface area contributed by atoms with Gasteiger partial charge in [0.05, 0.1) is 13.8 Å². The van der Waals surface area contributed by atoms with E-state index in [0.29, 0.717) is 39.4 Å². The summed E-state index contributed by atoms with van der Waals surface area (Å²) < 4.78 is 102. The van der Waals surface area contributed by atoms with Crippen molar-refractivity contribution in [1.29, 1.82) is 0 Å². The van der Waals surface area contributed by atoms with Crippen molar-refractivity contribution in [2.75, 3.05) is 0 Å². The fourth-order valence-electron chi connectivity index (χ4n) is 10.4. The van der Waals surface area contributed by atoms with Gasteiger partial charge in [0.1, 0.15) is 18.2 Å². The summed E-state index contributed by atoms with van der Waals surface area (Å²) >= 11 is 0. The van der Waals surface area contributed by atoms with Crippen molar-refractivity contribution in [1.82, 2.24) is 4.57 Å². The van der Waals surface area contributed by atoms with Crippen LogP contribution in [-0.4, -0.2) is 4.57 Å². The van der Waals surface area contributed by atoms with Crippen LogP contribution in [-0.2, 0) is 22.1 Å². The molecule has 0 fully saturated rings. The van der Waals surface area contributed by atoms with Crippen LogP contribution in [0.15, 0.2) is 133 Å². The van der Waals surface area contributed by atoms with Crippen LogP contribution in [0.1, 0.15) is 161 Å². The average molecular weight is 905 g/mol. The van der Waals surface area contributed by atoms with E-state index in [1.165, 1.54) is 0 Å². The molecule has 3 aliphatic heterocycles. The Morgan fingerprint density at radius 1 is 0.603 bits per heavy atom. The molecule has 0 bridgehead atoms. The lowest BCUT2D eigenvalue weighted by atomic mass is 9.65. The van der Waals surface area contributed by atoms with E-state index in [-0.39, 0.29) is 69.6 Å². The Morgan fingerprint density at radius 2 is 1.28 bits per heavy atom. The second-order valence-electron chi connectivity index (χ2n) is 23.4. The lowest BCUT2D eigenvalue weighted by molar-refractivity contribution is -0.997. The fourth-order valence-corrected chi connectivity index (χ4v) is 10.4. The highest BCUT2D eigenvalue weighted by atomic mass is 16.5. The van der Waals surface area contributed by atoms with E-state index in [0.717, 1.165) is 50.1 Å². The minimum absolute atomic E-state index is 0.107. The summed E-state index contributed by atoms with van der Waals surface area (Å²) in [7, 11) is 0. The molecule has 4 nitrogen and oxygen atoms in total. The van der Waals surface area contributed by atoms with Crippen LogP contribution in [0.5, 0.6) is 5.75 Å². The molecule has 8 aromatic rings. The maximum absolute atomic E-state index is 10.5. The summed E-state index contributed by atoms with van der Waals surface area (Å²) in [5, 5.41) is 0. The van der Waals surface area contributed by atoms with Crippen molar-refractivity contribution < 1.29 is 26.2 Å². The summed E-state index contributed by atoms with van der Waals surface area (Å²) in [5.74, 6) is -3.24. The maximum atomic E-state index is 10.5. The number of fused-ring (bicyclic) bond motifs is 5. The summed E-state index contributed by atoms with van der Waals surface area (Å²) in [6.07, 6.45) is -0.362. The Kier molecular flexibility index (Phi) is 7.52. The van der Waals surface area contributed by atoms with E-state index in [2.05, 4.69) is 119 Å². The van der Waals surface area contributed by atoms with Crippen molar-refractivity contribution >= 4 is 11.0 Å². The number of nitrogens with zero attached hydrogens (tertiary/aromatic N) is 3. The monoisotopic (exact) mass is 905 g/mol. The van der Waals surface area contributed by atoms with Crippen LogP contribution in [0.2, 0.25) is 0 Å². The van der Waals surface area contributed by atoms with Crippen LogP contribution < -0.4 is 13.9 Å². The number of rotatable bonds is 6. The highest BCUT2D eigenvalue weighted by molar-refractivity contribution is 5.98. The van der Waals surface area contributed by atoms with Gasteiger partial charge in [-0.25, -0.2) is 0 Å². The molecule has 0 amide bonds. The largest absolute Gasteiger partial charge is 0.499 e. The number of para-hydroxylation sites is 1. The van der Waals surface area contributed by atoms with E-state index in [1.54, 1.807) is 4.57 Å². The number of benzene rings is 6. The topological polar surface area (TPSA) is 21.9 Å². The molecule has 0 radical (unpaired) electrons. The molecule has 0 aliphatic carbocycles. The predicted molar refractivity (Wildman–Crippen MR) is 282 cm³/mol. The number of imidazole rings is 1. The Morgan fingerprint density at radius 3 is 1.93 bits per heavy atom. The molecule has 2 aromatic heterocycles. The molecule has 0 saturated carbocycles. The van der Waals surface area contributed by atoms with E-state index in [4.69, 9.17) is 4.74 Å². The zero-order chi connectivity index (χ0) is 56.1. The molecule has 1 unspecified atom stereocenters. The third-order valence-corrected chi connectivity index (χ3v) is 15.4. The smallest absolute Gasteiger partial charge is 0.392 e. The van der Waals surface area contributed by atoms with Gasteiger partial charge in [0.2, 0.25) is 5.69 Å². The van der Waals surface area contributed by atoms with Gasteiger partial charge in [-0.3, -0.25) is 0 Å². The van der Waals surface area contributed by atoms with Crippen LogP contribution in [0.25, 0.3) is 72.7 Å². The summed E-state index contributed by atoms with van der Waals surface area (Å²) in [4.78, 5) is 0. The number of ether oxygens (including phenoxy) is 1. The fraction of sp³-hybridized carbons (Fsp3) is 0.344. The summed E-state index contributed by atoms with van der Waals surface area (Å²) in [5.41, 5.74) is 9.77.